The maximum atomic E-state index is 12.7. The van der Waals surface area contributed by atoms with Crippen molar-refractivity contribution in [3.8, 4) is 10.8 Å². The Morgan fingerprint density at radius 1 is 1.27 bits per heavy atom. The Hall–Kier alpha value is -2.71. The van der Waals surface area contributed by atoms with Crippen LogP contribution in [0.15, 0.2) is 40.8 Å². The van der Waals surface area contributed by atoms with Crippen LogP contribution < -0.4 is 0 Å². The predicted octanol–water partition coefficient (Wildman–Crippen LogP) is 2.87. The first-order chi connectivity index (χ1) is 12.6. The highest BCUT2D eigenvalue weighted by molar-refractivity contribution is 7.21. The summed E-state index contributed by atoms with van der Waals surface area (Å²) < 4.78 is 12.2. The van der Waals surface area contributed by atoms with Crippen LogP contribution in [0.4, 0.5) is 0 Å². The molecule has 1 aliphatic heterocycles. The molecule has 0 saturated carbocycles. The zero-order valence-corrected chi connectivity index (χ0v) is 14.6. The Morgan fingerprint density at radius 2 is 2.12 bits per heavy atom. The number of amides is 1. The Bertz CT molecular complexity index is 930. The van der Waals surface area contributed by atoms with Gasteiger partial charge < -0.3 is 19.2 Å². The summed E-state index contributed by atoms with van der Waals surface area (Å²) in [6.07, 6.45) is -0.622. The van der Waals surface area contributed by atoms with Gasteiger partial charge in [-0.1, -0.05) is 12.1 Å². The number of rotatable bonds is 4. The van der Waals surface area contributed by atoms with E-state index < -0.39 is 12.1 Å². The van der Waals surface area contributed by atoms with E-state index in [1.54, 1.807) is 17.0 Å². The summed E-state index contributed by atoms with van der Waals surface area (Å²) in [5, 5.41) is 9.61. The summed E-state index contributed by atoms with van der Waals surface area (Å²) in [5.74, 6) is -0.448. The summed E-state index contributed by atoms with van der Waals surface area (Å²) in [5.41, 5.74) is 0.890. The number of hydrogen-bond donors (Lipinski definition) is 1. The summed E-state index contributed by atoms with van der Waals surface area (Å²) in [6, 6.07) is 11.2. The molecule has 2 aromatic heterocycles. The molecule has 0 unspecified atom stereocenters. The maximum Gasteiger partial charge on any atom is 0.306 e. The fraction of sp³-hybridized carbons (Fsp3) is 0.278. The van der Waals surface area contributed by atoms with Gasteiger partial charge in [0.05, 0.1) is 29.3 Å². The van der Waals surface area contributed by atoms with Crippen LogP contribution >= 0.6 is 11.3 Å². The predicted molar refractivity (Wildman–Crippen MR) is 95.2 cm³/mol. The molecule has 1 aromatic carbocycles. The van der Waals surface area contributed by atoms with Crippen molar-refractivity contribution in [2.24, 2.45) is 0 Å². The Morgan fingerprint density at radius 3 is 2.92 bits per heavy atom. The first-order valence-electron chi connectivity index (χ1n) is 8.18. The highest BCUT2D eigenvalue weighted by atomic mass is 32.1. The van der Waals surface area contributed by atoms with Gasteiger partial charge in [0, 0.05) is 13.1 Å². The molecule has 3 aromatic rings. The minimum atomic E-state index is -0.944. The zero-order chi connectivity index (χ0) is 18.1. The van der Waals surface area contributed by atoms with Crippen molar-refractivity contribution in [1.29, 1.82) is 0 Å². The summed E-state index contributed by atoms with van der Waals surface area (Å²) >= 11 is 1.50. The van der Waals surface area contributed by atoms with Crippen molar-refractivity contribution in [3.63, 3.8) is 0 Å². The molecule has 8 heteroatoms. The third-order valence-electron chi connectivity index (χ3n) is 4.15. The van der Waals surface area contributed by atoms with Crippen LogP contribution in [-0.2, 0) is 9.53 Å². The van der Waals surface area contributed by atoms with Crippen molar-refractivity contribution in [2.45, 2.75) is 12.5 Å². The Kier molecular flexibility index (Phi) is 4.44. The fourth-order valence-electron chi connectivity index (χ4n) is 2.92. The van der Waals surface area contributed by atoms with Crippen LogP contribution in [0, 0.1) is 0 Å². The second-order valence-electron chi connectivity index (χ2n) is 5.99. The van der Waals surface area contributed by atoms with E-state index in [0.717, 1.165) is 15.2 Å². The highest BCUT2D eigenvalue weighted by Crippen LogP contribution is 2.31. The van der Waals surface area contributed by atoms with E-state index in [4.69, 9.17) is 14.3 Å². The van der Waals surface area contributed by atoms with Gasteiger partial charge in [-0.05, 0) is 24.3 Å². The van der Waals surface area contributed by atoms with E-state index in [0.29, 0.717) is 18.9 Å². The fourth-order valence-corrected chi connectivity index (χ4v) is 3.85. The summed E-state index contributed by atoms with van der Waals surface area (Å²) in [4.78, 5) is 29.6. The second-order valence-corrected chi connectivity index (χ2v) is 7.02. The molecule has 1 aliphatic rings. The van der Waals surface area contributed by atoms with E-state index in [1.807, 2.05) is 24.3 Å². The normalized spacial score (nSPS) is 17.5. The van der Waals surface area contributed by atoms with Crippen molar-refractivity contribution in [3.05, 3.63) is 42.2 Å². The van der Waals surface area contributed by atoms with Gasteiger partial charge in [-0.3, -0.25) is 9.59 Å². The molecule has 1 saturated heterocycles. The Labute approximate surface area is 152 Å². The molecule has 0 spiro atoms. The standard InChI is InChI=1S/C18H16N2O5S/c21-16(22)9-11-10-20(7-8-24-11)18(23)14-6-5-13(25-14)17-19-12-3-1-2-4-15(12)26-17/h1-6,11H,7-10H2,(H,21,22)/t11-/m1/s1. The first-order valence-corrected chi connectivity index (χ1v) is 9.00. The minimum absolute atomic E-state index is 0.126. The van der Waals surface area contributed by atoms with Crippen LogP contribution in [0.1, 0.15) is 17.0 Å². The van der Waals surface area contributed by atoms with Gasteiger partial charge in [-0.2, -0.15) is 0 Å². The number of carboxylic acid groups (broad SMARTS) is 1. The monoisotopic (exact) mass is 372 g/mol. The first kappa shape index (κ1) is 16.7. The molecule has 7 nitrogen and oxygen atoms in total. The van der Waals surface area contributed by atoms with Gasteiger partial charge >= 0.3 is 5.97 Å². The van der Waals surface area contributed by atoms with Crippen LogP contribution in [0.2, 0.25) is 0 Å². The molecule has 1 N–H and O–H groups in total. The van der Waals surface area contributed by atoms with Crippen molar-refractivity contribution < 1.29 is 23.8 Å². The number of ether oxygens (including phenoxy) is 1. The van der Waals surface area contributed by atoms with Crippen molar-refractivity contribution in [2.75, 3.05) is 19.7 Å². The molecule has 4 rings (SSSR count). The smallest absolute Gasteiger partial charge is 0.306 e. The molecular weight excluding hydrogens is 356 g/mol. The lowest BCUT2D eigenvalue weighted by molar-refractivity contribution is -0.141. The van der Waals surface area contributed by atoms with Gasteiger partial charge in [-0.15, -0.1) is 11.3 Å². The number of morpholine rings is 1. The lowest BCUT2D eigenvalue weighted by Gasteiger charge is -2.31. The molecule has 3 heterocycles. The maximum absolute atomic E-state index is 12.7. The summed E-state index contributed by atoms with van der Waals surface area (Å²) in [6.45, 7) is 0.962. The number of nitrogens with zero attached hydrogens (tertiary/aromatic N) is 2. The number of carboxylic acids is 1. The number of para-hydroxylation sites is 1. The topological polar surface area (TPSA) is 92.9 Å². The minimum Gasteiger partial charge on any atom is -0.481 e. The third kappa shape index (κ3) is 3.33. The summed E-state index contributed by atoms with van der Waals surface area (Å²) in [7, 11) is 0. The largest absolute Gasteiger partial charge is 0.481 e. The van der Waals surface area contributed by atoms with Gasteiger partial charge in [0.15, 0.2) is 16.5 Å². The zero-order valence-electron chi connectivity index (χ0n) is 13.8. The quantitative estimate of drug-likeness (QED) is 0.757. The van der Waals surface area contributed by atoms with Gasteiger partial charge in [0.25, 0.3) is 5.91 Å². The molecule has 0 aliphatic carbocycles. The number of aliphatic carboxylic acids is 1. The van der Waals surface area contributed by atoms with E-state index in [1.165, 1.54) is 11.3 Å². The van der Waals surface area contributed by atoms with E-state index in [-0.39, 0.29) is 24.6 Å². The van der Waals surface area contributed by atoms with Crippen molar-refractivity contribution in [1.82, 2.24) is 9.88 Å². The second kappa shape index (κ2) is 6.89. The lowest BCUT2D eigenvalue weighted by atomic mass is 10.2. The number of fused-ring (bicyclic) bond motifs is 1. The van der Waals surface area contributed by atoms with E-state index in [9.17, 15) is 9.59 Å². The van der Waals surface area contributed by atoms with Crippen LogP contribution in [0.25, 0.3) is 21.0 Å². The van der Waals surface area contributed by atoms with Crippen LogP contribution in [0.5, 0.6) is 0 Å². The van der Waals surface area contributed by atoms with E-state index >= 15 is 0 Å². The average Bonchev–Trinajstić information content (AvgIpc) is 3.27. The van der Waals surface area contributed by atoms with Gasteiger partial charge in [0.1, 0.15) is 0 Å². The van der Waals surface area contributed by atoms with Crippen LogP contribution in [0.3, 0.4) is 0 Å². The Balaban J connectivity index is 1.51. The van der Waals surface area contributed by atoms with Gasteiger partial charge in [0.2, 0.25) is 0 Å². The number of furan rings is 1. The number of benzene rings is 1. The molecule has 26 heavy (non-hydrogen) atoms. The van der Waals surface area contributed by atoms with Crippen molar-refractivity contribution >= 4 is 33.4 Å². The molecular formula is C18H16N2O5S. The SMILES string of the molecule is O=C(O)C[C@@H]1CN(C(=O)c2ccc(-c3nc4ccccc4s3)o2)CCO1. The molecule has 1 atom stereocenters. The third-order valence-corrected chi connectivity index (χ3v) is 5.20. The molecule has 0 bridgehead atoms. The van der Waals surface area contributed by atoms with Crippen LogP contribution in [-0.4, -0.2) is 52.7 Å². The number of carbonyl (C=O) groups excluding carboxylic acids is 1. The number of hydrogen-bond acceptors (Lipinski definition) is 6. The molecule has 1 amide bonds. The highest BCUT2D eigenvalue weighted by Gasteiger charge is 2.28. The van der Waals surface area contributed by atoms with Gasteiger partial charge in [-0.25, -0.2) is 4.98 Å². The molecule has 0 radical (unpaired) electrons. The average molecular weight is 372 g/mol. The lowest BCUT2D eigenvalue weighted by Crippen LogP contribution is -2.46. The number of aromatic nitrogens is 1. The molecule has 134 valence electrons. The number of thiazole rings is 1. The number of carbonyl (C=O) groups is 2. The molecule has 1 fully saturated rings. The van der Waals surface area contributed by atoms with E-state index in [2.05, 4.69) is 4.98 Å².